The second kappa shape index (κ2) is 3.89. The monoisotopic (exact) mass is 216 g/mol. The van der Waals surface area contributed by atoms with E-state index in [9.17, 15) is 8.78 Å². The average molecular weight is 216 g/mol. The van der Waals surface area contributed by atoms with E-state index in [-0.39, 0.29) is 0 Å². The topological polar surface area (TPSA) is 29.3 Å². The molecule has 0 N–H and O–H groups in total. The normalized spacial score (nSPS) is 18.5. The SMILES string of the molecule is Cc1noc(C)c1CN1CC(C(F)F)C1. The van der Waals surface area contributed by atoms with Crippen LogP contribution in [0.25, 0.3) is 0 Å². The van der Waals surface area contributed by atoms with Crippen LogP contribution in [0.15, 0.2) is 4.52 Å². The van der Waals surface area contributed by atoms with Gasteiger partial charge in [0, 0.05) is 31.1 Å². The number of aryl methyl sites for hydroxylation is 2. The third kappa shape index (κ3) is 2.02. The molecule has 0 amide bonds. The molecule has 1 aliphatic rings. The molecule has 3 nitrogen and oxygen atoms in total. The lowest BCUT2D eigenvalue weighted by molar-refractivity contribution is -0.0281. The highest BCUT2D eigenvalue weighted by molar-refractivity contribution is 5.20. The molecule has 15 heavy (non-hydrogen) atoms. The van der Waals surface area contributed by atoms with E-state index in [1.165, 1.54) is 0 Å². The van der Waals surface area contributed by atoms with E-state index >= 15 is 0 Å². The third-order valence-corrected chi connectivity index (χ3v) is 2.90. The number of alkyl halides is 2. The smallest absolute Gasteiger partial charge is 0.243 e. The van der Waals surface area contributed by atoms with Gasteiger partial charge >= 0.3 is 0 Å². The highest BCUT2D eigenvalue weighted by Crippen LogP contribution is 2.25. The molecule has 1 saturated heterocycles. The second-order valence-electron chi connectivity index (χ2n) is 4.09. The van der Waals surface area contributed by atoms with E-state index in [2.05, 4.69) is 5.16 Å². The minimum absolute atomic E-state index is 0.453. The van der Waals surface area contributed by atoms with Crippen LogP contribution in [-0.2, 0) is 6.54 Å². The van der Waals surface area contributed by atoms with Crippen LogP contribution < -0.4 is 0 Å². The maximum Gasteiger partial charge on any atom is 0.243 e. The Bertz CT molecular complexity index is 326. The lowest BCUT2D eigenvalue weighted by Gasteiger charge is -2.38. The van der Waals surface area contributed by atoms with E-state index in [1.54, 1.807) is 0 Å². The number of likely N-dealkylation sites (tertiary alicyclic amines) is 1. The van der Waals surface area contributed by atoms with Crippen molar-refractivity contribution in [3.05, 3.63) is 17.0 Å². The molecular formula is C10H14F2N2O. The van der Waals surface area contributed by atoms with Crippen molar-refractivity contribution in [2.24, 2.45) is 5.92 Å². The fraction of sp³-hybridized carbons (Fsp3) is 0.700. The second-order valence-corrected chi connectivity index (χ2v) is 4.09. The molecule has 0 aromatic carbocycles. The molecule has 2 rings (SSSR count). The molecule has 0 radical (unpaired) electrons. The lowest BCUT2D eigenvalue weighted by atomic mass is 9.99. The Morgan fingerprint density at radius 1 is 1.47 bits per heavy atom. The summed E-state index contributed by atoms with van der Waals surface area (Å²) < 4.78 is 29.5. The number of hydrogen-bond donors (Lipinski definition) is 0. The van der Waals surface area contributed by atoms with Crippen LogP contribution >= 0.6 is 0 Å². The molecule has 5 heteroatoms. The number of rotatable bonds is 3. The van der Waals surface area contributed by atoms with Gasteiger partial charge in [-0.25, -0.2) is 8.78 Å². The molecule has 0 aliphatic carbocycles. The third-order valence-electron chi connectivity index (χ3n) is 2.90. The molecular weight excluding hydrogens is 202 g/mol. The fourth-order valence-corrected chi connectivity index (χ4v) is 1.85. The minimum Gasteiger partial charge on any atom is -0.361 e. The number of aromatic nitrogens is 1. The summed E-state index contributed by atoms with van der Waals surface area (Å²) >= 11 is 0. The van der Waals surface area contributed by atoms with Crippen molar-refractivity contribution in [2.45, 2.75) is 26.8 Å². The van der Waals surface area contributed by atoms with Crippen LogP contribution in [0.1, 0.15) is 17.0 Å². The molecule has 1 aromatic heterocycles. The zero-order chi connectivity index (χ0) is 11.0. The quantitative estimate of drug-likeness (QED) is 0.773. The first kappa shape index (κ1) is 10.5. The van der Waals surface area contributed by atoms with Crippen molar-refractivity contribution >= 4 is 0 Å². The van der Waals surface area contributed by atoms with Crippen molar-refractivity contribution in [1.29, 1.82) is 0 Å². The highest BCUT2D eigenvalue weighted by atomic mass is 19.3. The predicted molar refractivity (Wildman–Crippen MR) is 50.7 cm³/mol. The van der Waals surface area contributed by atoms with Gasteiger partial charge in [-0.15, -0.1) is 0 Å². The van der Waals surface area contributed by atoms with E-state index in [1.807, 2.05) is 18.7 Å². The summed E-state index contributed by atoms with van der Waals surface area (Å²) in [6, 6.07) is 0. The molecule has 1 aliphatic heterocycles. The van der Waals surface area contributed by atoms with E-state index in [4.69, 9.17) is 4.52 Å². The molecule has 0 saturated carbocycles. The molecule has 2 heterocycles. The van der Waals surface area contributed by atoms with Crippen LogP contribution in [0.2, 0.25) is 0 Å². The first-order valence-electron chi connectivity index (χ1n) is 5.00. The first-order chi connectivity index (χ1) is 7.08. The molecule has 1 aromatic rings. The Hall–Kier alpha value is -0.970. The standard InChI is InChI=1S/C10H14F2N2O/c1-6-9(7(2)15-13-6)5-14-3-8(4-14)10(11)12/h8,10H,3-5H2,1-2H3. The van der Waals surface area contributed by atoms with Crippen LogP contribution in [0, 0.1) is 19.8 Å². The summed E-state index contributed by atoms with van der Waals surface area (Å²) in [7, 11) is 0. The van der Waals surface area contributed by atoms with E-state index in [0.717, 1.165) is 17.0 Å². The van der Waals surface area contributed by atoms with Crippen LogP contribution in [0.4, 0.5) is 8.78 Å². The van der Waals surface area contributed by atoms with Crippen LogP contribution in [0.5, 0.6) is 0 Å². The van der Waals surface area contributed by atoms with Gasteiger partial charge in [-0.3, -0.25) is 4.90 Å². The van der Waals surface area contributed by atoms with Gasteiger partial charge in [-0.2, -0.15) is 0 Å². The lowest BCUT2D eigenvalue weighted by Crippen LogP contribution is -2.49. The highest BCUT2D eigenvalue weighted by Gasteiger charge is 2.34. The molecule has 0 atom stereocenters. The summed E-state index contributed by atoms with van der Waals surface area (Å²) in [6.45, 7) is 5.34. The van der Waals surface area contributed by atoms with Gasteiger partial charge in [0.1, 0.15) is 5.76 Å². The average Bonchev–Trinajstić information content (AvgIpc) is 2.39. The van der Waals surface area contributed by atoms with Crippen molar-refractivity contribution in [3.8, 4) is 0 Å². The summed E-state index contributed by atoms with van der Waals surface area (Å²) in [4.78, 5) is 1.99. The largest absolute Gasteiger partial charge is 0.361 e. The van der Waals surface area contributed by atoms with E-state index in [0.29, 0.717) is 19.6 Å². The molecule has 1 fully saturated rings. The maximum atomic E-state index is 12.2. The Morgan fingerprint density at radius 2 is 2.13 bits per heavy atom. The summed E-state index contributed by atoms with van der Waals surface area (Å²) in [6.07, 6.45) is -2.19. The molecule has 0 bridgehead atoms. The molecule has 0 spiro atoms. The van der Waals surface area contributed by atoms with Crippen LogP contribution in [0.3, 0.4) is 0 Å². The maximum absolute atomic E-state index is 12.2. The first-order valence-corrected chi connectivity index (χ1v) is 5.00. The van der Waals surface area contributed by atoms with Crippen molar-refractivity contribution in [2.75, 3.05) is 13.1 Å². The van der Waals surface area contributed by atoms with Gasteiger partial charge in [-0.05, 0) is 13.8 Å². The van der Waals surface area contributed by atoms with Crippen LogP contribution in [-0.4, -0.2) is 29.6 Å². The summed E-state index contributed by atoms with van der Waals surface area (Å²) in [5.74, 6) is 0.332. The molecule has 84 valence electrons. The van der Waals surface area contributed by atoms with Gasteiger partial charge in [0.25, 0.3) is 0 Å². The Morgan fingerprint density at radius 3 is 2.60 bits per heavy atom. The Labute approximate surface area is 87.0 Å². The van der Waals surface area contributed by atoms with Crippen molar-refractivity contribution in [1.82, 2.24) is 10.1 Å². The number of hydrogen-bond acceptors (Lipinski definition) is 3. The van der Waals surface area contributed by atoms with Gasteiger partial charge in [0.2, 0.25) is 6.43 Å². The van der Waals surface area contributed by atoms with Gasteiger partial charge in [-0.1, -0.05) is 5.16 Å². The zero-order valence-electron chi connectivity index (χ0n) is 8.83. The zero-order valence-corrected chi connectivity index (χ0v) is 8.83. The van der Waals surface area contributed by atoms with Crippen molar-refractivity contribution in [3.63, 3.8) is 0 Å². The fourth-order valence-electron chi connectivity index (χ4n) is 1.85. The summed E-state index contributed by atoms with van der Waals surface area (Å²) in [5.41, 5.74) is 1.88. The minimum atomic E-state index is -2.19. The predicted octanol–water partition coefficient (Wildman–Crippen LogP) is 1.99. The number of nitrogens with zero attached hydrogens (tertiary/aromatic N) is 2. The van der Waals surface area contributed by atoms with E-state index < -0.39 is 12.3 Å². The number of halogens is 2. The Balaban J connectivity index is 1.90. The summed E-state index contributed by atoms with van der Waals surface area (Å²) in [5, 5.41) is 3.83. The molecule has 0 unspecified atom stereocenters. The van der Waals surface area contributed by atoms with Gasteiger partial charge in [0.15, 0.2) is 0 Å². The van der Waals surface area contributed by atoms with Gasteiger partial charge in [0.05, 0.1) is 5.69 Å². The Kier molecular flexibility index (Phi) is 2.73. The van der Waals surface area contributed by atoms with Gasteiger partial charge < -0.3 is 4.52 Å². The van der Waals surface area contributed by atoms with Crippen molar-refractivity contribution < 1.29 is 13.3 Å².